The standard InChI is InChI=1S/C24H17BrO6/c1-28-19-5-3-4-15(23(19)29-2)12-21-22(26)18-11-10-17(13-20(18)31-21)30-24(27)14-6-8-16(25)9-7-14/h3-13H,1-2H3. The average molecular weight is 481 g/mol. The number of Topliss-reactive ketones (excluding diaryl/α,β-unsaturated/α-hetero) is 1. The van der Waals surface area contributed by atoms with Gasteiger partial charge < -0.3 is 18.9 Å². The van der Waals surface area contributed by atoms with Crippen LogP contribution in [-0.4, -0.2) is 26.0 Å². The summed E-state index contributed by atoms with van der Waals surface area (Å²) in [4.78, 5) is 25.1. The zero-order valence-corrected chi connectivity index (χ0v) is 18.3. The van der Waals surface area contributed by atoms with Crippen LogP contribution in [0.3, 0.4) is 0 Å². The molecule has 1 heterocycles. The average Bonchev–Trinajstić information content (AvgIpc) is 3.08. The molecule has 0 unspecified atom stereocenters. The number of ether oxygens (including phenoxy) is 4. The zero-order valence-electron chi connectivity index (χ0n) is 16.7. The number of ketones is 1. The van der Waals surface area contributed by atoms with Crippen molar-refractivity contribution in [3.05, 3.63) is 87.6 Å². The number of halogens is 1. The third-order valence-corrected chi connectivity index (χ3v) is 5.18. The van der Waals surface area contributed by atoms with E-state index in [4.69, 9.17) is 18.9 Å². The molecule has 0 saturated carbocycles. The van der Waals surface area contributed by atoms with Crippen LogP contribution in [-0.2, 0) is 0 Å². The van der Waals surface area contributed by atoms with Crippen molar-refractivity contribution in [2.45, 2.75) is 0 Å². The van der Waals surface area contributed by atoms with Crippen LogP contribution in [0.4, 0.5) is 0 Å². The molecule has 3 aromatic carbocycles. The molecule has 0 aromatic heterocycles. The molecule has 0 spiro atoms. The van der Waals surface area contributed by atoms with Gasteiger partial charge in [-0.05, 0) is 48.5 Å². The van der Waals surface area contributed by atoms with Crippen molar-refractivity contribution >= 4 is 33.8 Å². The number of hydrogen-bond acceptors (Lipinski definition) is 6. The van der Waals surface area contributed by atoms with Gasteiger partial charge in [0.1, 0.15) is 11.5 Å². The minimum Gasteiger partial charge on any atom is -0.493 e. The van der Waals surface area contributed by atoms with Crippen LogP contribution in [0.2, 0.25) is 0 Å². The Kier molecular flexibility index (Phi) is 5.77. The predicted molar refractivity (Wildman–Crippen MR) is 118 cm³/mol. The number of rotatable bonds is 5. The van der Waals surface area contributed by atoms with E-state index in [1.165, 1.54) is 13.2 Å². The molecule has 156 valence electrons. The topological polar surface area (TPSA) is 71.1 Å². The molecule has 6 nitrogen and oxygen atoms in total. The molecule has 0 aliphatic carbocycles. The minimum absolute atomic E-state index is 0.137. The summed E-state index contributed by atoms with van der Waals surface area (Å²) < 4.78 is 22.7. The lowest BCUT2D eigenvalue weighted by molar-refractivity contribution is 0.0734. The van der Waals surface area contributed by atoms with Gasteiger partial charge in [0, 0.05) is 16.1 Å². The number of carbonyl (C=O) groups is 2. The first kappa shape index (κ1) is 20.7. The van der Waals surface area contributed by atoms with Gasteiger partial charge >= 0.3 is 5.97 Å². The number of allylic oxidation sites excluding steroid dienone is 1. The number of para-hydroxylation sites is 1. The van der Waals surface area contributed by atoms with Gasteiger partial charge in [0.15, 0.2) is 17.3 Å². The second-order valence-electron chi connectivity index (χ2n) is 6.58. The summed E-state index contributed by atoms with van der Waals surface area (Å²) in [5.74, 6) is 0.993. The number of benzene rings is 3. The first-order valence-electron chi connectivity index (χ1n) is 9.27. The predicted octanol–water partition coefficient (Wildman–Crippen LogP) is 5.30. The van der Waals surface area contributed by atoms with Crippen LogP contribution >= 0.6 is 15.9 Å². The van der Waals surface area contributed by atoms with E-state index in [2.05, 4.69) is 15.9 Å². The Hall–Kier alpha value is -3.58. The second-order valence-corrected chi connectivity index (χ2v) is 7.49. The molecule has 0 atom stereocenters. The molecule has 0 amide bonds. The Morgan fingerprint density at radius 1 is 1.00 bits per heavy atom. The first-order valence-corrected chi connectivity index (χ1v) is 10.1. The number of hydrogen-bond donors (Lipinski definition) is 0. The Labute approximate surface area is 187 Å². The third kappa shape index (κ3) is 4.18. The minimum atomic E-state index is -0.506. The largest absolute Gasteiger partial charge is 0.493 e. The van der Waals surface area contributed by atoms with E-state index < -0.39 is 5.97 Å². The van der Waals surface area contributed by atoms with Crippen LogP contribution in [0.1, 0.15) is 26.3 Å². The molecule has 0 saturated heterocycles. The summed E-state index contributed by atoms with van der Waals surface area (Å²) in [5.41, 5.74) is 1.43. The maximum absolute atomic E-state index is 12.8. The third-order valence-electron chi connectivity index (χ3n) is 4.65. The zero-order chi connectivity index (χ0) is 22.0. The Morgan fingerprint density at radius 3 is 2.48 bits per heavy atom. The summed E-state index contributed by atoms with van der Waals surface area (Å²) in [6.45, 7) is 0. The lowest BCUT2D eigenvalue weighted by Crippen LogP contribution is -2.08. The van der Waals surface area contributed by atoms with Crippen molar-refractivity contribution in [3.8, 4) is 23.0 Å². The van der Waals surface area contributed by atoms with Crippen LogP contribution < -0.4 is 18.9 Å². The number of carbonyl (C=O) groups excluding carboxylic acids is 2. The molecule has 1 aliphatic heterocycles. The van der Waals surface area contributed by atoms with E-state index in [1.807, 2.05) is 0 Å². The van der Waals surface area contributed by atoms with Crippen molar-refractivity contribution in [1.29, 1.82) is 0 Å². The van der Waals surface area contributed by atoms with E-state index in [-0.39, 0.29) is 17.3 Å². The van der Waals surface area contributed by atoms with Crippen LogP contribution in [0, 0.1) is 0 Å². The summed E-state index contributed by atoms with van der Waals surface area (Å²) in [6, 6.07) is 16.8. The fourth-order valence-corrected chi connectivity index (χ4v) is 3.41. The Bertz CT molecular complexity index is 1200. The lowest BCUT2D eigenvalue weighted by atomic mass is 10.1. The number of esters is 1. The lowest BCUT2D eigenvalue weighted by Gasteiger charge is -2.10. The van der Waals surface area contributed by atoms with Gasteiger partial charge in [0.05, 0.1) is 25.3 Å². The Balaban J connectivity index is 1.58. The monoisotopic (exact) mass is 480 g/mol. The van der Waals surface area contributed by atoms with Crippen LogP contribution in [0.25, 0.3) is 6.08 Å². The van der Waals surface area contributed by atoms with Crippen molar-refractivity contribution in [2.75, 3.05) is 14.2 Å². The quantitative estimate of drug-likeness (QED) is 0.280. The number of fused-ring (bicyclic) bond motifs is 1. The number of methoxy groups -OCH3 is 2. The molecule has 0 N–H and O–H groups in total. The van der Waals surface area contributed by atoms with Gasteiger partial charge in [-0.2, -0.15) is 0 Å². The van der Waals surface area contributed by atoms with Crippen molar-refractivity contribution in [1.82, 2.24) is 0 Å². The molecule has 4 rings (SSSR count). The molecule has 3 aromatic rings. The maximum Gasteiger partial charge on any atom is 0.343 e. The summed E-state index contributed by atoms with van der Waals surface area (Å²) in [6.07, 6.45) is 1.59. The van der Waals surface area contributed by atoms with E-state index in [0.717, 1.165) is 4.47 Å². The maximum atomic E-state index is 12.8. The summed E-state index contributed by atoms with van der Waals surface area (Å²) in [5, 5.41) is 0. The fourth-order valence-electron chi connectivity index (χ4n) is 3.15. The van der Waals surface area contributed by atoms with Gasteiger partial charge in [-0.25, -0.2) is 4.79 Å². The SMILES string of the molecule is COc1cccc(C=C2Oc3cc(OC(=O)c4ccc(Br)cc4)ccc3C2=O)c1OC. The van der Waals surface area contributed by atoms with Crippen LogP contribution in [0.15, 0.2) is 70.9 Å². The van der Waals surface area contributed by atoms with Crippen molar-refractivity contribution < 1.29 is 28.5 Å². The van der Waals surface area contributed by atoms with E-state index in [9.17, 15) is 9.59 Å². The van der Waals surface area contributed by atoms with E-state index >= 15 is 0 Å². The molecule has 31 heavy (non-hydrogen) atoms. The molecule has 7 heteroatoms. The summed E-state index contributed by atoms with van der Waals surface area (Å²) >= 11 is 3.33. The van der Waals surface area contributed by atoms with Crippen molar-refractivity contribution in [3.63, 3.8) is 0 Å². The smallest absolute Gasteiger partial charge is 0.343 e. The highest BCUT2D eigenvalue weighted by Gasteiger charge is 2.28. The molecule has 0 bridgehead atoms. The highest BCUT2D eigenvalue weighted by atomic mass is 79.9. The molecule has 0 radical (unpaired) electrons. The molecule has 0 fully saturated rings. The first-order chi connectivity index (χ1) is 15.0. The van der Waals surface area contributed by atoms with Gasteiger partial charge in [0.25, 0.3) is 0 Å². The van der Waals surface area contributed by atoms with E-state index in [0.29, 0.717) is 33.9 Å². The van der Waals surface area contributed by atoms with Gasteiger partial charge in [-0.1, -0.05) is 28.1 Å². The van der Waals surface area contributed by atoms with Gasteiger partial charge in [0.2, 0.25) is 5.78 Å². The highest BCUT2D eigenvalue weighted by Crippen LogP contribution is 2.37. The van der Waals surface area contributed by atoms with Crippen molar-refractivity contribution in [2.24, 2.45) is 0 Å². The van der Waals surface area contributed by atoms with Gasteiger partial charge in [-0.3, -0.25) is 4.79 Å². The molecule has 1 aliphatic rings. The summed E-state index contributed by atoms with van der Waals surface area (Å²) in [7, 11) is 3.07. The van der Waals surface area contributed by atoms with Gasteiger partial charge in [-0.15, -0.1) is 0 Å². The van der Waals surface area contributed by atoms with E-state index in [1.54, 1.807) is 67.8 Å². The second kappa shape index (κ2) is 8.65. The highest BCUT2D eigenvalue weighted by molar-refractivity contribution is 9.10. The Morgan fingerprint density at radius 2 is 1.77 bits per heavy atom. The normalized spacial score (nSPS) is 13.5. The molecular formula is C24H17BrO6. The molecular weight excluding hydrogens is 464 g/mol. The fraction of sp³-hybridized carbons (Fsp3) is 0.0833. The van der Waals surface area contributed by atoms with Crippen LogP contribution in [0.5, 0.6) is 23.0 Å².